The number of aromatic nitrogens is 3. The van der Waals surface area contributed by atoms with E-state index < -0.39 is 0 Å². The number of fused-ring (bicyclic) bond motifs is 2. The number of hydrogen-bond donors (Lipinski definition) is 1. The minimum absolute atomic E-state index is 0.234. The van der Waals surface area contributed by atoms with Gasteiger partial charge in [0.1, 0.15) is 11.6 Å². The van der Waals surface area contributed by atoms with Crippen molar-refractivity contribution < 1.29 is 4.39 Å². The molecule has 5 nitrogen and oxygen atoms in total. The molecule has 0 spiro atoms. The van der Waals surface area contributed by atoms with E-state index in [1.807, 2.05) is 11.4 Å². The van der Waals surface area contributed by atoms with Crippen LogP contribution in [-0.2, 0) is 12.8 Å². The fourth-order valence-corrected chi connectivity index (χ4v) is 3.67. The maximum absolute atomic E-state index is 13.3. The van der Waals surface area contributed by atoms with Gasteiger partial charge in [-0.3, -0.25) is 0 Å². The molecule has 2 heterocycles. The first-order valence-electron chi connectivity index (χ1n) is 9.10. The zero-order valence-electron chi connectivity index (χ0n) is 15.5. The Balaban J connectivity index is 1.85. The number of rotatable bonds is 5. The van der Waals surface area contributed by atoms with Crippen LogP contribution < -0.4 is 5.32 Å². The predicted octanol–water partition coefficient (Wildman–Crippen LogP) is 3.31. The summed E-state index contributed by atoms with van der Waals surface area (Å²) in [4.78, 5) is 7.09. The average Bonchev–Trinajstić information content (AvgIpc) is 3.19. The van der Waals surface area contributed by atoms with Crippen molar-refractivity contribution in [3.05, 3.63) is 47.0 Å². The summed E-state index contributed by atoms with van der Waals surface area (Å²) in [5, 5.41) is 8.35. The van der Waals surface area contributed by atoms with Crippen LogP contribution in [0.2, 0.25) is 0 Å². The normalized spacial score (nSPS) is 13.6. The number of nitrogens with zero attached hydrogens (tertiary/aromatic N) is 4. The van der Waals surface area contributed by atoms with E-state index in [1.165, 1.54) is 17.7 Å². The number of anilines is 1. The lowest BCUT2D eigenvalue weighted by Gasteiger charge is -2.15. The van der Waals surface area contributed by atoms with Gasteiger partial charge in [0.05, 0.1) is 5.69 Å². The number of benzene rings is 1. The number of aryl methyl sites for hydroxylation is 2. The standard InChI is InChI=1S/C20H24FN5/c1-13-18(14-7-9-15(21)10-8-14)20-23-17-6-4-5-16(17)19(26(20)24-13)22-11-12-25(2)3/h7-10,22H,4-6,11-12H2,1-3H3. The van der Waals surface area contributed by atoms with E-state index in [2.05, 4.69) is 24.3 Å². The van der Waals surface area contributed by atoms with E-state index in [1.54, 1.807) is 12.1 Å². The molecule has 0 saturated carbocycles. The lowest BCUT2D eigenvalue weighted by atomic mass is 10.1. The average molecular weight is 353 g/mol. The Labute approximate surface area is 152 Å². The number of nitrogens with one attached hydrogen (secondary N) is 1. The van der Waals surface area contributed by atoms with Crippen LogP contribution in [0.5, 0.6) is 0 Å². The van der Waals surface area contributed by atoms with Gasteiger partial charge < -0.3 is 10.2 Å². The van der Waals surface area contributed by atoms with Crippen molar-refractivity contribution in [3.63, 3.8) is 0 Å². The van der Waals surface area contributed by atoms with E-state index >= 15 is 0 Å². The molecule has 4 rings (SSSR count). The Hall–Kier alpha value is -2.47. The molecular weight excluding hydrogens is 329 g/mol. The highest BCUT2D eigenvalue weighted by Gasteiger charge is 2.23. The van der Waals surface area contributed by atoms with Crippen LogP contribution in [0, 0.1) is 12.7 Å². The van der Waals surface area contributed by atoms with Gasteiger partial charge in [-0.1, -0.05) is 12.1 Å². The molecule has 0 atom stereocenters. The Morgan fingerprint density at radius 2 is 1.96 bits per heavy atom. The Bertz CT molecular complexity index is 943. The minimum Gasteiger partial charge on any atom is -0.368 e. The highest BCUT2D eigenvalue weighted by Crippen LogP contribution is 2.34. The van der Waals surface area contributed by atoms with Crippen LogP contribution in [0.25, 0.3) is 16.8 Å². The SMILES string of the molecule is Cc1nn2c(NCCN(C)C)c3c(nc2c1-c1ccc(F)cc1)CCC3. The van der Waals surface area contributed by atoms with Gasteiger partial charge in [-0.05, 0) is 58.0 Å². The summed E-state index contributed by atoms with van der Waals surface area (Å²) in [6.45, 7) is 3.79. The smallest absolute Gasteiger partial charge is 0.165 e. The summed E-state index contributed by atoms with van der Waals surface area (Å²) in [6, 6.07) is 6.57. The van der Waals surface area contributed by atoms with Crippen molar-refractivity contribution in [1.82, 2.24) is 19.5 Å². The fraction of sp³-hybridized carbons (Fsp3) is 0.400. The third kappa shape index (κ3) is 2.94. The number of hydrogen-bond acceptors (Lipinski definition) is 4. The first-order valence-corrected chi connectivity index (χ1v) is 9.10. The molecule has 0 saturated heterocycles. The number of halogens is 1. The molecule has 1 aliphatic rings. The molecule has 0 amide bonds. The molecule has 2 aromatic heterocycles. The van der Waals surface area contributed by atoms with Crippen LogP contribution in [0.1, 0.15) is 23.4 Å². The molecule has 0 unspecified atom stereocenters. The third-order valence-corrected chi connectivity index (χ3v) is 4.95. The highest BCUT2D eigenvalue weighted by atomic mass is 19.1. The molecular formula is C20H24FN5. The van der Waals surface area contributed by atoms with Crippen molar-refractivity contribution in [1.29, 1.82) is 0 Å². The lowest BCUT2D eigenvalue weighted by molar-refractivity contribution is 0.425. The first kappa shape index (κ1) is 17.0. The highest BCUT2D eigenvalue weighted by molar-refractivity contribution is 5.81. The van der Waals surface area contributed by atoms with Crippen LogP contribution in [-0.4, -0.2) is 46.7 Å². The van der Waals surface area contributed by atoms with E-state index in [0.29, 0.717) is 0 Å². The molecule has 0 radical (unpaired) electrons. The van der Waals surface area contributed by atoms with Gasteiger partial charge in [-0.25, -0.2) is 9.37 Å². The molecule has 0 fully saturated rings. The summed E-state index contributed by atoms with van der Waals surface area (Å²) in [7, 11) is 4.14. The molecule has 0 bridgehead atoms. The van der Waals surface area contributed by atoms with Crippen molar-refractivity contribution in [3.8, 4) is 11.1 Å². The summed E-state index contributed by atoms with van der Waals surface area (Å²) in [5.74, 6) is 0.823. The van der Waals surface area contributed by atoms with Gasteiger partial charge in [-0.15, -0.1) is 0 Å². The summed E-state index contributed by atoms with van der Waals surface area (Å²) < 4.78 is 15.3. The van der Waals surface area contributed by atoms with Gasteiger partial charge in [0.2, 0.25) is 0 Å². The second kappa shape index (κ2) is 6.68. The van der Waals surface area contributed by atoms with Crippen molar-refractivity contribution in [2.75, 3.05) is 32.5 Å². The summed E-state index contributed by atoms with van der Waals surface area (Å²) in [5.41, 5.74) is 6.13. The van der Waals surface area contributed by atoms with Crippen molar-refractivity contribution >= 4 is 11.5 Å². The Kier molecular flexibility index (Phi) is 4.36. The second-order valence-corrected chi connectivity index (χ2v) is 7.17. The number of likely N-dealkylation sites (N-methyl/N-ethyl adjacent to an activating group) is 1. The summed E-state index contributed by atoms with van der Waals surface area (Å²) >= 11 is 0. The van der Waals surface area contributed by atoms with Gasteiger partial charge >= 0.3 is 0 Å². The van der Waals surface area contributed by atoms with Crippen LogP contribution >= 0.6 is 0 Å². The molecule has 3 aromatic rings. The quantitative estimate of drug-likeness (QED) is 0.764. The maximum atomic E-state index is 13.3. The molecule has 136 valence electrons. The van der Waals surface area contributed by atoms with Gasteiger partial charge in [-0.2, -0.15) is 9.61 Å². The van der Waals surface area contributed by atoms with Gasteiger partial charge in [0.25, 0.3) is 0 Å². The Morgan fingerprint density at radius 3 is 2.69 bits per heavy atom. The predicted molar refractivity (Wildman–Crippen MR) is 102 cm³/mol. The first-order chi connectivity index (χ1) is 12.5. The molecule has 1 aromatic carbocycles. The molecule has 0 aliphatic heterocycles. The maximum Gasteiger partial charge on any atom is 0.165 e. The minimum atomic E-state index is -0.234. The van der Waals surface area contributed by atoms with E-state index in [-0.39, 0.29) is 5.82 Å². The fourth-order valence-electron chi connectivity index (χ4n) is 3.67. The van der Waals surface area contributed by atoms with Crippen LogP contribution in [0.15, 0.2) is 24.3 Å². The van der Waals surface area contributed by atoms with Crippen LogP contribution in [0.4, 0.5) is 10.2 Å². The van der Waals surface area contributed by atoms with E-state index in [4.69, 9.17) is 10.1 Å². The van der Waals surface area contributed by atoms with Gasteiger partial charge in [0.15, 0.2) is 5.65 Å². The molecule has 6 heteroatoms. The van der Waals surface area contributed by atoms with E-state index in [0.717, 1.165) is 66.3 Å². The topological polar surface area (TPSA) is 45.5 Å². The zero-order valence-corrected chi connectivity index (χ0v) is 15.5. The van der Waals surface area contributed by atoms with Crippen LogP contribution in [0.3, 0.4) is 0 Å². The molecule has 1 aliphatic carbocycles. The van der Waals surface area contributed by atoms with E-state index in [9.17, 15) is 4.39 Å². The van der Waals surface area contributed by atoms with Crippen molar-refractivity contribution in [2.24, 2.45) is 0 Å². The third-order valence-electron chi connectivity index (χ3n) is 4.95. The molecule has 26 heavy (non-hydrogen) atoms. The Morgan fingerprint density at radius 1 is 1.19 bits per heavy atom. The largest absolute Gasteiger partial charge is 0.368 e. The van der Waals surface area contributed by atoms with Crippen molar-refractivity contribution in [2.45, 2.75) is 26.2 Å². The monoisotopic (exact) mass is 353 g/mol. The molecule has 1 N–H and O–H groups in total. The lowest BCUT2D eigenvalue weighted by Crippen LogP contribution is -2.22. The summed E-state index contributed by atoms with van der Waals surface area (Å²) in [6.07, 6.45) is 3.16. The zero-order chi connectivity index (χ0) is 18.3. The second-order valence-electron chi connectivity index (χ2n) is 7.17. The van der Waals surface area contributed by atoms with Gasteiger partial charge in [0, 0.05) is 29.9 Å².